The zero-order chi connectivity index (χ0) is 26.7. The molecule has 2 unspecified atom stereocenters. The van der Waals surface area contributed by atoms with Crippen LogP contribution < -0.4 is 5.32 Å². The third-order valence-corrected chi connectivity index (χ3v) is 7.03. The summed E-state index contributed by atoms with van der Waals surface area (Å²) >= 11 is 0. The molecule has 2 aromatic carbocycles. The average Bonchev–Trinajstić information content (AvgIpc) is 3.06. The largest absolute Gasteiger partial charge is 0.481 e. The minimum atomic E-state index is -0.985. The molecule has 0 bridgehead atoms. The Kier molecular flexibility index (Phi) is 7.71. The molecule has 2 atom stereocenters. The SMILES string of the molecule is CC1CC(C)CC2(C1)N=C(c1cc(F)cc(F)c1)C(=O)N2CCc1ccc(C(=O)NCCC(=O)O)cc1. The van der Waals surface area contributed by atoms with Crippen molar-refractivity contribution in [3.8, 4) is 0 Å². The van der Waals surface area contributed by atoms with Gasteiger partial charge in [0.15, 0.2) is 0 Å². The Hall–Kier alpha value is -3.62. The monoisotopic (exact) mass is 511 g/mol. The third kappa shape index (κ3) is 6.03. The summed E-state index contributed by atoms with van der Waals surface area (Å²) in [6.07, 6.45) is 2.75. The third-order valence-electron chi connectivity index (χ3n) is 7.03. The normalized spacial score (nSPS) is 23.3. The molecule has 2 aromatic rings. The van der Waals surface area contributed by atoms with Gasteiger partial charge in [0.1, 0.15) is 23.0 Å². The first kappa shape index (κ1) is 26.4. The molecule has 37 heavy (non-hydrogen) atoms. The highest BCUT2D eigenvalue weighted by molar-refractivity contribution is 6.46. The van der Waals surface area contributed by atoms with Crippen molar-refractivity contribution < 1.29 is 28.3 Å². The number of nitrogens with zero attached hydrogens (tertiary/aromatic N) is 2. The Labute approximate surface area is 214 Å². The Morgan fingerprint density at radius 3 is 2.30 bits per heavy atom. The summed E-state index contributed by atoms with van der Waals surface area (Å²) in [4.78, 5) is 43.0. The quantitative estimate of drug-likeness (QED) is 0.555. The summed E-state index contributed by atoms with van der Waals surface area (Å²) in [6.45, 7) is 4.68. The van der Waals surface area contributed by atoms with E-state index in [0.717, 1.165) is 30.2 Å². The summed E-state index contributed by atoms with van der Waals surface area (Å²) in [5.74, 6) is -2.50. The lowest BCUT2D eigenvalue weighted by Crippen LogP contribution is -2.51. The summed E-state index contributed by atoms with van der Waals surface area (Å²) in [5.41, 5.74) is 0.807. The minimum absolute atomic E-state index is 0.0451. The van der Waals surface area contributed by atoms with Crippen molar-refractivity contribution in [3.05, 3.63) is 70.8 Å². The van der Waals surface area contributed by atoms with Crippen LogP contribution in [0.4, 0.5) is 8.78 Å². The molecule has 1 spiro atoms. The summed E-state index contributed by atoms with van der Waals surface area (Å²) < 4.78 is 27.9. The van der Waals surface area contributed by atoms with E-state index in [1.54, 1.807) is 29.2 Å². The van der Waals surface area contributed by atoms with E-state index in [4.69, 9.17) is 10.1 Å². The highest BCUT2D eigenvalue weighted by Crippen LogP contribution is 2.44. The van der Waals surface area contributed by atoms with E-state index >= 15 is 0 Å². The first-order valence-electron chi connectivity index (χ1n) is 12.5. The highest BCUT2D eigenvalue weighted by atomic mass is 19.1. The topological polar surface area (TPSA) is 99.1 Å². The molecular formula is C28H31F2N3O4. The van der Waals surface area contributed by atoms with Gasteiger partial charge in [-0.25, -0.2) is 8.78 Å². The predicted octanol–water partition coefficient (Wildman–Crippen LogP) is 4.20. The number of hydrogen-bond acceptors (Lipinski definition) is 4. The number of carboxylic acids is 1. The summed E-state index contributed by atoms with van der Waals surface area (Å²) in [6, 6.07) is 9.99. The van der Waals surface area contributed by atoms with Crippen LogP contribution >= 0.6 is 0 Å². The molecule has 2 amide bonds. The van der Waals surface area contributed by atoms with Gasteiger partial charge in [-0.2, -0.15) is 0 Å². The van der Waals surface area contributed by atoms with Gasteiger partial charge >= 0.3 is 5.97 Å². The number of rotatable bonds is 8. The molecule has 1 fully saturated rings. The lowest BCUT2D eigenvalue weighted by molar-refractivity contribution is -0.136. The molecule has 2 N–H and O–H groups in total. The van der Waals surface area contributed by atoms with Crippen LogP contribution in [0.5, 0.6) is 0 Å². The molecule has 1 saturated carbocycles. The predicted molar refractivity (Wildman–Crippen MR) is 134 cm³/mol. The molecule has 0 aromatic heterocycles. The van der Waals surface area contributed by atoms with E-state index in [-0.39, 0.29) is 36.1 Å². The molecule has 1 heterocycles. The number of halogens is 2. The Morgan fingerprint density at radius 2 is 1.70 bits per heavy atom. The molecule has 0 saturated heterocycles. The van der Waals surface area contributed by atoms with Gasteiger partial charge in [0.2, 0.25) is 0 Å². The van der Waals surface area contributed by atoms with Crippen LogP contribution in [0, 0.1) is 23.5 Å². The van der Waals surface area contributed by atoms with Crippen LogP contribution in [-0.2, 0) is 16.0 Å². The number of nitrogens with one attached hydrogen (secondary N) is 1. The number of aliphatic carboxylic acids is 1. The molecule has 196 valence electrons. The van der Waals surface area contributed by atoms with Crippen molar-refractivity contribution in [1.82, 2.24) is 10.2 Å². The summed E-state index contributed by atoms with van der Waals surface area (Å²) in [7, 11) is 0. The van der Waals surface area contributed by atoms with Gasteiger partial charge in [-0.05, 0) is 67.3 Å². The molecule has 0 radical (unpaired) electrons. The second-order valence-electron chi connectivity index (χ2n) is 10.3. The van der Waals surface area contributed by atoms with Gasteiger partial charge in [-0.1, -0.05) is 26.0 Å². The zero-order valence-corrected chi connectivity index (χ0v) is 21.0. The van der Waals surface area contributed by atoms with Gasteiger partial charge in [0.05, 0.1) is 6.42 Å². The number of benzene rings is 2. The maximum Gasteiger partial charge on any atom is 0.305 e. The molecule has 7 nitrogen and oxygen atoms in total. The first-order chi connectivity index (χ1) is 17.6. The van der Waals surface area contributed by atoms with E-state index in [0.29, 0.717) is 43.2 Å². The van der Waals surface area contributed by atoms with E-state index in [2.05, 4.69) is 19.2 Å². The standard InChI is InChI=1S/C28H31F2N3O4/c1-17-11-18(2)16-28(15-17)32-25(21-12-22(29)14-23(30)13-21)27(37)33(28)10-8-19-3-5-20(6-4-19)26(36)31-9-7-24(34)35/h3-6,12-14,17-18H,7-11,15-16H2,1-2H3,(H,31,36)(H,34,35). The van der Waals surface area contributed by atoms with Crippen LogP contribution in [0.3, 0.4) is 0 Å². The Bertz CT molecular complexity index is 1200. The van der Waals surface area contributed by atoms with Crippen molar-refractivity contribution in [2.45, 2.75) is 51.6 Å². The lowest BCUT2D eigenvalue weighted by Gasteiger charge is -2.44. The maximum absolute atomic E-state index is 14.0. The molecule has 2 aliphatic rings. The van der Waals surface area contributed by atoms with Crippen LogP contribution in [0.1, 0.15) is 61.0 Å². The van der Waals surface area contributed by atoms with Gasteiger partial charge in [0.25, 0.3) is 11.8 Å². The number of hydrogen-bond donors (Lipinski definition) is 2. The number of carbonyl (C=O) groups is 3. The summed E-state index contributed by atoms with van der Waals surface area (Å²) in [5, 5.41) is 11.3. The van der Waals surface area contributed by atoms with Crippen molar-refractivity contribution in [2.24, 2.45) is 16.8 Å². The van der Waals surface area contributed by atoms with E-state index < -0.39 is 23.3 Å². The number of carbonyl (C=O) groups excluding carboxylic acids is 2. The molecule has 4 rings (SSSR count). The second kappa shape index (κ2) is 10.8. The molecule has 9 heteroatoms. The Morgan fingerprint density at radius 1 is 1.08 bits per heavy atom. The number of carboxylic acid groups (broad SMARTS) is 1. The minimum Gasteiger partial charge on any atom is -0.481 e. The fraction of sp³-hybridized carbons (Fsp3) is 0.429. The molecular weight excluding hydrogens is 480 g/mol. The number of amides is 2. The van der Waals surface area contributed by atoms with E-state index in [1.807, 2.05) is 0 Å². The maximum atomic E-state index is 14.0. The van der Waals surface area contributed by atoms with Crippen molar-refractivity contribution in [1.29, 1.82) is 0 Å². The van der Waals surface area contributed by atoms with Crippen molar-refractivity contribution >= 4 is 23.5 Å². The lowest BCUT2D eigenvalue weighted by atomic mass is 9.76. The highest BCUT2D eigenvalue weighted by Gasteiger charge is 2.50. The van der Waals surface area contributed by atoms with Gasteiger partial charge in [0, 0.05) is 30.3 Å². The Balaban J connectivity index is 1.52. The van der Waals surface area contributed by atoms with Gasteiger partial charge in [-0.3, -0.25) is 19.4 Å². The van der Waals surface area contributed by atoms with Gasteiger partial charge in [-0.15, -0.1) is 0 Å². The van der Waals surface area contributed by atoms with Crippen LogP contribution in [0.2, 0.25) is 0 Å². The van der Waals surface area contributed by atoms with Crippen LogP contribution in [0.15, 0.2) is 47.5 Å². The zero-order valence-electron chi connectivity index (χ0n) is 21.0. The van der Waals surface area contributed by atoms with E-state index in [1.165, 1.54) is 0 Å². The average molecular weight is 512 g/mol. The molecule has 1 aliphatic heterocycles. The fourth-order valence-corrected chi connectivity index (χ4v) is 5.63. The van der Waals surface area contributed by atoms with Crippen molar-refractivity contribution in [3.63, 3.8) is 0 Å². The van der Waals surface area contributed by atoms with E-state index in [9.17, 15) is 23.2 Å². The number of aliphatic imine (C=N–C) groups is 1. The van der Waals surface area contributed by atoms with Crippen molar-refractivity contribution in [2.75, 3.05) is 13.1 Å². The fourth-order valence-electron chi connectivity index (χ4n) is 5.63. The smallest absolute Gasteiger partial charge is 0.305 e. The second-order valence-corrected chi connectivity index (χ2v) is 10.3. The van der Waals surface area contributed by atoms with Gasteiger partial charge < -0.3 is 15.3 Å². The van der Waals surface area contributed by atoms with Crippen LogP contribution in [0.25, 0.3) is 0 Å². The molecule has 1 aliphatic carbocycles. The first-order valence-corrected chi connectivity index (χ1v) is 12.5. The van der Waals surface area contributed by atoms with Crippen LogP contribution in [-0.4, -0.2) is 52.3 Å².